The fourth-order valence-corrected chi connectivity index (χ4v) is 3.20. The highest BCUT2D eigenvalue weighted by Crippen LogP contribution is 2.28. The van der Waals surface area contributed by atoms with Gasteiger partial charge < -0.3 is 19.7 Å². The van der Waals surface area contributed by atoms with Crippen LogP contribution in [0.3, 0.4) is 0 Å². The average molecular weight is 373 g/mol. The average Bonchev–Trinajstić information content (AvgIpc) is 3.14. The van der Waals surface area contributed by atoms with Crippen molar-refractivity contribution < 1.29 is 14.3 Å². The Morgan fingerprint density at radius 3 is 3.04 bits per heavy atom. The molecule has 1 aliphatic rings. The quantitative estimate of drug-likeness (QED) is 0.781. The lowest BCUT2D eigenvalue weighted by atomic mass is 10.1. The van der Waals surface area contributed by atoms with Crippen LogP contribution in [0.2, 0.25) is 0 Å². The van der Waals surface area contributed by atoms with Gasteiger partial charge in [-0.05, 0) is 13.0 Å². The number of nitrogens with one attached hydrogen (secondary N) is 1. The number of amides is 1. The third-order valence-electron chi connectivity index (χ3n) is 4.90. The molecule has 0 aliphatic carbocycles. The fraction of sp³-hybridized carbons (Fsp3) is 0.526. The molecule has 1 aromatic carbocycles. The summed E-state index contributed by atoms with van der Waals surface area (Å²) in [6.45, 7) is 4.40. The molecule has 2 heterocycles. The van der Waals surface area contributed by atoms with Crippen molar-refractivity contribution in [2.75, 3.05) is 33.9 Å². The number of para-hydroxylation sites is 1. The van der Waals surface area contributed by atoms with E-state index in [1.54, 1.807) is 23.7 Å². The molecule has 0 radical (unpaired) electrons. The molecule has 1 aromatic heterocycles. The van der Waals surface area contributed by atoms with E-state index >= 15 is 0 Å². The Labute approximate surface area is 159 Å². The summed E-state index contributed by atoms with van der Waals surface area (Å²) in [6, 6.07) is 7.86. The van der Waals surface area contributed by atoms with Gasteiger partial charge in [-0.2, -0.15) is 0 Å². The molecule has 1 amide bonds. The van der Waals surface area contributed by atoms with E-state index in [4.69, 9.17) is 9.47 Å². The molecule has 27 heavy (non-hydrogen) atoms. The third kappa shape index (κ3) is 4.84. The molecular formula is C19H27N5O3. The van der Waals surface area contributed by atoms with Gasteiger partial charge in [-0.1, -0.05) is 23.4 Å². The van der Waals surface area contributed by atoms with Crippen LogP contribution < -0.4 is 10.1 Å². The summed E-state index contributed by atoms with van der Waals surface area (Å²) in [5.74, 6) is 0.735. The Bertz CT molecular complexity index is 757. The van der Waals surface area contributed by atoms with Crippen LogP contribution in [0.4, 0.5) is 0 Å². The molecule has 3 rings (SSSR count). The van der Waals surface area contributed by atoms with Crippen molar-refractivity contribution in [3.05, 3.63) is 41.7 Å². The summed E-state index contributed by atoms with van der Waals surface area (Å²) in [6.07, 6.45) is 2.57. The smallest absolute Gasteiger partial charge is 0.244 e. The van der Waals surface area contributed by atoms with Crippen molar-refractivity contribution in [1.29, 1.82) is 0 Å². The normalized spacial score (nSPS) is 18.1. The molecule has 1 saturated heterocycles. The van der Waals surface area contributed by atoms with Crippen LogP contribution in [0.5, 0.6) is 5.75 Å². The lowest BCUT2D eigenvalue weighted by molar-refractivity contribution is -0.132. The molecule has 1 N–H and O–H groups in total. The highest BCUT2D eigenvalue weighted by molar-refractivity contribution is 5.76. The number of rotatable bonds is 7. The second-order valence-electron chi connectivity index (χ2n) is 6.76. The van der Waals surface area contributed by atoms with Crippen LogP contribution in [-0.4, -0.2) is 65.8 Å². The highest BCUT2D eigenvalue weighted by atomic mass is 16.5. The molecular weight excluding hydrogens is 346 g/mol. The summed E-state index contributed by atoms with van der Waals surface area (Å²) in [7, 11) is 3.43. The molecule has 0 saturated carbocycles. The molecule has 1 fully saturated rings. The number of hydrogen-bond donors (Lipinski definition) is 1. The van der Waals surface area contributed by atoms with Gasteiger partial charge in [0.05, 0.1) is 32.1 Å². The summed E-state index contributed by atoms with van der Waals surface area (Å²) < 4.78 is 12.5. The Kier molecular flexibility index (Phi) is 6.41. The number of hydrogen-bond acceptors (Lipinski definition) is 6. The molecule has 8 heteroatoms. The minimum absolute atomic E-state index is 0.0380. The largest absolute Gasteiger partial charge is 0.496 e. The molecule has 2 unspecified atom stereocenters. The first-order valence-corrected chi connectivity index (χ1v) is 9.17. The van der Waals surface area contributed by atoms with E-state index in [1.165, 1.54) is 0 Å². The van der Waals surface area contributed by atoms with Crippen molar-refractivity contribution >= 4 is 5.91 Å². The minimum Gasteiger partial charge on any atom is -0.496 e. The molecule has 146 valence electrons. The Morgan fingerprint density at radius 1 is 1.48 bits per heavy atom. The number of ether oxygens (including phenoxy) is 2. The zero-order valence-electron chi connectivity index (χ0n) is 16.1. The Morgan fingerprint density at radius 2 is 2.30 bits per heavy atom. The zero-order valence-corrected chi connectivity index (χ0v) is 16.1. The maximum Gasteiger partial charge on any atom is 0.244 e. The van der Waals surface area contributed by atoms with Gasteiger partial charge in [0.15, 0.2) is 0 Å². The lowest BCUT2D eigenvalue weighted by Crippen LogP contribution is -2.42. The van der Waals surface area contributed by atoms with E-state index in [0.717, 1.165) is 36.6 Å². The summed E-state index contributed by atoms with van der Waals surface area (Å²) in [5.41, 5.74) is 1.82. The van der Waals surface area contributed by atoms with Crippen molar-refractivity contribution in [2.24, 2.45) is 0 Å². The number of aromatic nitrogens is 3. The van der Waals surface area contributed by atoms with E-state index in [9.17, 15) is 4.79 Å². The predicted molar refractivity (Wildman–Crippen MR) is 101 cm³/mol. The number of likely N-dealkylation sites (N-methyl/N-ethyl adjacent to an activating group) is 1. The summed E-state index contributed by atoms with van der Waals surface area (Å²) in [4.78, 5) is 14.4. The van der Waals surface area contributed by atoms with E-state index in [1.807, 2.05) is 37.4 Å². The predicted octanol–water partition coefficient (Wildman–Crippen LogP) is 1.04. The SMILES string of the molecule is COc1ccccc1C(C)N(C)C(=O)Cn1cc(CC2COCCN2)nn1. The van der Waals surface area contributed by atoms with Crippen LogP contribution in [0.25, 0.3) is 0 Å². The van der Waals surface area contributed by atoms with E-state index in [-0.39, 0.29) is 24.5 Å². The highest BCUT2D eigenvalue weighted by Gasteiger charge is 2.21. The monoisotopic (exact) mass is 373 g/mol. The van der Waals surface area contributed by atoms with Crippen LogP contribution >= 0.6 is 0 Å². The molecule has 0 spiro atoms. The van der Waals surface area contributed by atoms with Crippen LogP contribution in [-0.2, 0) is 22.5 Å². The van der Waals surface area contributed by atoms with Gasteiger partial charge >= 0.3 is 0 Å². The first-order chi connectivity index (χ1) is 13.1. The van der Waals surface area contributed by atoms with E-state index in [0.29, 0.717) is 6.61 Å². The standard InChI is InChI=1S/C19H27N5O3/c1-14(17-6-4-5-7-18(17)26-3)23(2)19(25)12-24-11-15(21-22-24)10-16-13-27-9-8-20-16/h4-7,11,14,16,20H,8-10,12-13H2,1-3H3. The topological polar surface area (TPSA) is 81.5 Å². The Balaban J connectivity index is 1.59. The number of morpholine rings is 1. The molecule has 0 bridgehead atoms. The number of nitrogens with zero attached hydrogens (tertiary/aromatic N) is 4. The van der Waals surface area contributed by atoms with Crippen molar-refractivity contribution in [1.82, 2.24) is 25.2 Å². The van der Waals surface area contributed by atoms with Crippen molar-refractivity contribution in [3.8, 4) is 5.75 Å². The maximum absolute atomic E-state index is 12.7. The first kappa shape index (κ1) is 19.3. The van der Waals surface area contributed by atoms with Gasteiger partial charge in [0.2, 0.25) is 5.91 Å². The number of carbonyl (C=O) groups excluding carboxylic acids is 1. The van der Waals surface area contributed by atoms with Crippen molar-refractivity contribution in [2.45, 2.75) is 32.0 Å². The summed E-state index contributed by atoms with van der Waals surface area (Å²) >= 11 is 0. The number of benzene rings is 1. The summed E-state index contributed by atoms with van der Waals surface area (Å²) in [5, 5.41) is 11.7. The molecule has 2 atom stereocenters. The second kappa shape index (κ2) is 8.96. The Hall–Kier alpha value is -2.45. The maximum atomic E-state index is 12.7. The van der Waals surface area contributed by atoms with Crippen molar-refractivity contribution in [3.63, 3.8) is 0 Å². The fourth-order valence-electron chi connectivity index (χ4n) is 3.20. The second-order valence-corrected chi connectivity index (χ2v) is 6.76. The van der Waals surface area contributed by atoms with E-state index in [2.05, 4.69) is 15.6 Å². The van der Waals surface area contributed by atoms with Gasteiger partial charge in [0.25, 0.3) is 0 Å². The molecule has 1 aliphatic heterocycles. The van der Waals surface area contributed by atoms with E-state index < -0.39 is 0 Å². The van der Waals surface area contributed by atoms with Crippen LogP contribution in [0.1, 0.15) is 24.2 Å². The van der Waals surface area contributed by atoms with Gasteiger partial charge in [-0.15, -0.1) is 5.10 Å². The van der Waals surface area contributed by atoms with Gasteiger partial charge in [-0.25, -0.2) is 4.68 Å². The van der Waals surface area contributed by atoms with Gasteiger partial charge in [0, 0.05) is 37.8 Å². The number of carbonyl (C=O) groups is 1. The minimum atomic E-state index is -0.111. The van der Waals surface area contributed by atoms with Crippen LogP contribution in [0.15, 0.2) is 30.5 Å². The van der Waals surface area contributed by atoms with Gasteiger partial charge in [0.1, 0.15) is 12.3 Å². The zero-order chi connectivity index (χ0) is 19.2. The third-order valence-corrected chi connectivity index (χ3v) is 4.90. The molecule has 8 nitrogen and oxygen atoms in total. The number of methoxy groups -OCH3 is 1. The van der Waals surface area contributed by atoms with Crippen LogP contribution in [0, 0.1) is 0 Å². The van der Waals surface area contributed by atoms with Gasteiger partial charge in [-0.3, -0.25) is 4.79 Å². The first-order valence-electron chi connectivity index (χ1n) is 9.17. The lowest BCUT2D eigenvalue weighted by Gasteiger charge is -2.26. The molecule has 2 aromatic rings.